The van der Waals surface area contributed by atoms with Crippen LogP contribution in [0.1, 0.15) is 24.5 Å². The highest BCUT2D eigenvalue weighted by Gasteiger charge is 2.46. The number of esters is 2. The van der Waals surface area contributed by atoms with Crippen LogP contribution in [0.3, 0.4) is 0 Å². The van der Waals surface area contributed by atoms with Gasteiger partial charge in [-0.05, 0) is 24.5 Å². The van der Waals surface area contributed by atoms with Gasteiger partial charge in [0.25, 0.3) is 0 Å². The molecule has 0 radical (unpaired) electrons. The average Bonchev–Trinajstić information content (AvgIpc) is 2.82. The maximum absolute atomic E-state index is 13.1. The van der Waals surface area contributed by atoms with Crippen LogP contribution in [0.15, 0.2) is 60.7 Å². The van der Waals surface area contributed by atoms with E-state index < -0.39 is 41.7 Å². The van der Waals surface area contributed by atoms with Gasteiger partial charge >= 0.3 is 18.0 Å². The van der Waals surface area contributed by atoms with E-state index in [0.29, 0.717) is 0 Å². The first kappa shape index (κ1) is 24.6. The molecule has 1 N–H and O–H groups in total. The van der Waals surface area contributed by atoms with Crippen molar-refractivity contribution in [2.75, 3.05) is 14.2 Å². The van der Waals surface area contributed by atoms with Crippen LogP contribution in [0.25, 0.3) is 0 Å². The Labute approximate surface area is 186 Å². The zero-order chi connectivity index (χ0) is 23.6. The second-order valence-electron chi connectivity index (χ2n) is 7.41. The molecule has 2 rings (SSSR count). The highest BCUT2D eigenvalue weighted by Crippen LogP contribution is 2.27. The molecule has 0 saturated carbocycles. The average molecular weight is 441 g/mol. The Morgan fingerprint density at radius 1 is 0.844 bits per heavy atom. The largest absolute Gasteiger partial charge is 0.468 e. The van der Waals surface area contributed by atoms with Crippen LogP contribution in [0.5, 0.6) is 0 Å². The third-order valence-corrected chi connectivity index (χ3v) is 4.98. The number of Topliss-reactive ketones (excluding diaryl/α,β-unsaturated/α-hetero) is 1. The molecule has 8 nitrogen and oxygen atoms in total. The number of alkyl carbamates (subject to hydrolysis) is 1. The fourth-order valence-corrected chi connectivity index (χ4v) is 3.15. The highest BCUT2D eigenvalue weighted by molar-refractivity contribution is 6.04. The van der Waals surface area contributed by atoms with Crippen LogP contribution in [0.2, 0.25) is 0 Å². The van der Waals surface area contributed by atoms with E-state index in [2.05, 4.69) is 5.32 Å². The van der Waals surface area contributed by atoms with Crippen molar-refractivity contribution in [2.24, 2.45) is 5.41 Å². The van der Waals surface area contributed by atoms with Gasteiger partial charge in [0.1, 0.15) is 6.61 Å². The standard InChI is InChI=1S/C24H27NO7/c1-24(21(27)30-2,22(28)31-3)15-20(26)19(14-17-10-6-4-7-11-17)25-23(29)32-16-18-12-8-5-9-13-18/h4-13,19H,14-16H2,1-3H3,(H,25,29). The molecule has 0 heterocycles. The Kier molecular flexibility index (Phi) is 8.95. The number of hydrogen-bond acceptors (Lipinski definition) is 7. The molecule has 0 aliphatic carbocycles. The lowest BCUT2D eigenvalue weighted by Gasteiger charge is -2.25. The topological polar surface area (TPSA) is 108 Å². The number of nitrogens with one attached hydrogen (secondary N) is 1. The van der Waals surface area contributed by atoms with Gasteiger partial charge in [-0.3, -0.25) is 14.4 Å². The van der Waals surface area contributed by atoms with E-state index in [9.17, 15) is 19.2 Å². The molecule has 0 aliphatic rings. The molecule has 8 heteroatoms. The molecule has 2 aromatic rings. The Bertz CT molecular complexity index is 912. The van der Waals surface area contributed by atoms with Crippen molar-refractivity contribution in [3.8, 4) is 0 Å². The zero-order valence-corrected chi connectivity index (χ0v) is 18.3. The van der Waals surface area contributed by atoms with Crippen LogP contribution in [-0.4, -0.2) is 44.1 Å². The predicted molar refractivity (Wildman–Crippen MR) is 115 cm³/mol. The first-order valence-corrected chi connectivity index (χ1v) is 10.0. The Morgan fingerprint density at radius 3 is 1.84 bits per heavy atom. The molecule has 1 atom stereocenters. The van der Waals surface area contributed by atoms with E-state index in [1.165, 1.54) is 6.92 Å². The minimum Gasteiger partial charge on any atom is -0.468 e. The van der Waals surface area contributed by atoms with E-state index in [-0.39, 0.29) is 13.0 Å². The van der Waals surface area contributed by atoms with E-state index >= 15 is 0 Å². The fraction of sp³-hybridized carbons (Fsp3) is 0.333. The highest BCUT2D eigenvalue weighted by atomic mass is 16.6. The van der Waals surface area contributed by atoms with E-state index in [1.807, 2.05) is 24.3 Å². The van der Waals surface area contributed by atoms with Gasteiger partial charge in [-0.1, -0.05) is 60.7 Å². The van der Waals surface area contributed by atoms with Crippen LogP contribution in [-0.2, 0) is 41.6 Å². The molecule has 0 saturated heterocycles. The van der Waals surface area contributed by atoms with Crippen LogP contribution >= 0.6 is 0 Å². The van der Waals surface area contributed by atoms with E-state index in [4.69, 9.17) is 14.2 Å². The number of ketones is 1. The summed E-state index contributed by atoms with van der Waals surface area (Å²) in [6, 6.07) is 17.1. The second-order valence-corrected chi connectivity index (χ2v) is 7.41. The SMILES string of the molecule is COC(=O)C(C)(CC(=O)C(Cc1ccccc1)NC(=O)OCc1ccccc1)C(=O)OC. The lowest BCUT2D eigenvalue weighted by Crippen LogP contribution is -2.47. The predicted octanol–water partition coefficient (Wildman–Crippen LogP) is 2.84. The number of carbonyl (C=O) groups excluding carboxylic acids is 4. The summed E-state index contributed by atoms with van der Waals surface area (Å²) in [6.07, 6.45) is -1.15. The number of ether oxygens (including phenoxy) is 3. The lowest BCUT2D eigenvalue weighted by molar-refractivity contribution is -0.169. The number of hydrogen-bond donors (Lipinski definition) is 1. The summed E-state index contributed by atoms with van der Waals surface area (Å²) < 4.78 is 14.6. The number of amides is 1. The normalized spacial score (nSPS) is 11.7. The van der Waals surface area contributed by atoms with E-state index in [0.717, 1.165) is 25.3 Å². The molecule has 32 heavy (non-hydrogen) atoms. The number of benzene rings is 2. The molecular weight excluding hydrogens is 414 g/mol. The molecule has 170 valence electrons. The molecule has 0 spiro atoms. The van der Waals surface area contributed by atoms with Crippen molar-refractivity contribution in [1.82, 2.24) is 5.32 Å². The first-order valence-electron chi connectivity index (χ1n) is 10.0. The lowest BCUT2D eigenvalue weighted by atomic mass is 9.82. The molecule has 0 bridgehead atoms. The maximum atomic E-state index is 13.1. The van der Waals surface area contributed by atoms with Gasteiger partial charge in [-0.25, -0.2) is 4.79 Å². The van der Waals surface area contributed by atoms with Crippen molar-refractivity contribution in [1.29, 1.82) is 0 Å². The molecule has 0 aromatic heterocycles. The van der Waals surface area contributed by atoms with Crippen molar-refractivity contribution in [2.45, 2.75) is 32.4 Å². The van der Waals surface area contributed by atoms with Gasteiger partial charge in [0.15, 0.2) is 11.2 Å². The number of rotatable bonds is 10. The van der Waals surface area contributed by atoms with E-state index in [1.54, 1.807) is 36.4 Å². The van der Waals surface area contributed by atoms with Crippen LogP contribution in [0, 0.1) is 5.41 Å². The molecule has 1 unspecified atom stereocenters. The smallest absolute Gasteiger partial charge is 0.408 e. The monoisotopic (exact) mass is 441 g/mol. The van der Waals surface area contributed by atoms with Crippen molar-refractivity contribution in [3.63, 3.8) is 0 Å². The maximum Gasteiger partial charge on any atom is 0.408 e. The van der Waals surface area contributed by atoms with Crippen LogP contribution in [0.4, 0.5) is 4.79 Å². The summed E-state index contributed by atoms with van der Waals surface area (Å²) in [6.45, 7) is 1.30. The fourth-order valence-electron chi connectivity index (χ4n) is 3.15. The van der Waals surface area contributed by atoms with Gasteiger partial charge in [0, 0.05) is 6.42 Å². The molecule has 2 aromatic carbocycles. The Hall–Kier alpha value is -3.68. The quantitative estimate of drug-likeness (QED) is 0.343. The summed E-state index contributed by atoms with van der Waals surface area (Å²) in [5.41, 5.74) is -0.268. The summed E-state index contributed by atoms with van der Waals surface area (Å²) in [7, 11) is 2.24. The Balaban J connectivity index is 2.17. The van der Waals surface area contributed by atoms with Crippen molar-refractivity contribution in [3.05, 3.63) is 71.8 Å². The van der Waals surface area contributed by atoms with Crippen molar-refractivity contribution < 1.29 is 33.4 Å². The summed E-state index contributed by atoms with van der Waals surface area (Å²) in [4.78, 5) is 50.0. The van der Waals surface area contributed by atoms with Gasteiger partial charge in [0.05, 0.1) is 20.3 Å². The Morgan fingerprint density at radius 2 is 1.34 bits per heavy atom. The summed E-state index contributed by atoms with van der Waals surface area (Å²) >= 11 is 0. The number of carbonyl (C=O) groups is 4. The van der Waals surface area contributed by atoms with Crippen LogP contribution < -0.4 is 5.32 Å². The minimum atomic E-state index is -1.84. The molecule has 0 aliphatic heterocycles. The van der Waals surface area contributed by atoms with Gasteiger partial charge in [-0.2, -0.15) is 0 Å². The third-order valence-electron chi connectivity index (χ3n) is 4.98. The van der Waals surface area contributed by atoms with Gasteiger partial charge in [-0.15, -0.1) is 0 Å². The summed E-state index contributed by atoms with van der Waals surface area (Å²) in [5, 5.41) is 2.56. The van der Waals surface area contributed by atoms with Crippen molar-refractivity contribution >= 4 is 23.8 Å². The molecule has 0 fully saturated rings. The first-order chi connectivity index (χ1) is 15.3. The number of methoxy groups -OCH3 is 2. The second kappa shape index (κ2) is 11.6. The van der Waals surface area contributed by atoms with Gasteiger partial charge < -0.3 is 19.5 Å². The molecular formula is C24H27NO7. The third kappa shape index (κ3) is 6.66. The minimum absolute atomic E-state index is 0.0287. The zero-order valence-electron chi connectivity index (χ0n) is 18.3. The molecule has 1 amide bonds. The van der Waals surface area contributed by atoms with Gasteiger partial charge in [0.2, 0.25) is 0 Å². The summed E-state index contributed by atoms with van der Waals surface area (Å²) in [5.74, 6) is -2.34.